The summed E-state index contributed by atoms with van der Waals surface area (Å²) in [6.45, 7) is 4.09. The van der Waals surface area contributed by atoms with Crippen molar-refractivity contribution >= 4 is 16.7 Å². The van der Waals surface area contributed by atoms with E-state index in [0.29, 0.717) is 22.7 Å². The van der Waals surface area contributed by atoms with Gasteiger partial charge < -0.3 is 10.2 Å². The molecule has 3 heterocycles. The molecule has 0 atom stereocenters. The third kappa shape index (κ3) is 2.46. The lowest BCUT2D eigenvalue weighted by molar-refractivity contribution is 0.451. The molecular formula is C20H16N6O2. The van der Waals surface area contributed by atoms with Crippen LogP contribution in [0.1, 0.15) is 11.1 Å². The molecule has 0 aliphatic rings. The standard InChI is InChI=1S/C20H16N6O2/c1-11-3-4-17(12(2)5-11)26-19-16(9-22-26)20-23-18(24-25(20)10-21-19)13-6-14(27)8-15(28)7-13/h3-10,27-28H,1-2H3. The molecule has 138 valence electrons. The molecule has 0 aliphatic heterocycles. The molecule has 0 aliphatic carbocycles. The van der Waals surface area contributed by atoms with Crippen LogP contribution in [-0.4, -0.2) is 39.6 Å². The van der Waals surface area contributed by atoms with E-state index in [1.54, 1.807) is 21.7 Å². The fraction of sp³-hybridized carbons (Fsp3) is 0.100. The van der Waals surface area contributed by atoms with Gasteiger partial charge in [0.05, 0.1) is 17.3 Å². The number of rotatable bonds is 2. The van der Waals surface area contributed by atoms with Crippen molar-refractivity contribution in [3.63, 3.8) is 0 Å². The average molecular weight is 372 g/mol. The van der Waals surface area contributed by atoms with Crippen molar-refractivity contribution in [2.75, 3.05) is 0 Å². The van der Waals surface area contributed by atoms with E-state index < -0.39 is 0 Å². The minimum absolute atomic E-state index is 0.0557. The number of aromatic nitrogens is 6. The third-order valence-corrected chi connectivity index (χ3v) is 4.65. The zero-order valence-corrected chi connectivity index (χ0v) is 15.2. The number of phenols is 2. The van der Waals surface area contributed by atoms with Crippen molar-refractivity contribution in [1.82, 2.24) is 29.4 Å². The number of phenolic OH excluding ortho intramolecular Hbond substituents is 2. The van der Waals surface area contributed by atoms with Crippen molar-refractivity contribution < 1.29 is 10.2 Å². The number of benzene rings is 2. The molecule has 3 aromatic heterocycles. The van der Waals surface area contributed by atoms with E-state index >= 15 is 0 Å². The largest absolute Gasteiger partial charge is 0.508 e. The molecule has 5 aromatic rings. The lowest BCUT2D eigenvalue weighted by Gasteiger charge is -2.07. The highest BCUT2D eigenvalue weighted by Crippen LogP contribution is 2.28. The Hall–Kier alpha value is -3.94. The molecule has 0 radical (unpaired) electrons. The van der Waals surface area contributed by atoms with Crippen LogP contribution in [0, 0.1) is 13.8 Å². The van der Waals surface area contributed by atoms with E-state index in [0.717, 1.165) is 16.6 Å². The van der Waals surface area contributed by atoms with Gasteiger partial charge in [0.1, 0.15) is 17.8 Å². The zero-order chi connectivity index (χ0) is 19.4. The van der Waals surface area contributed by atoms with E-state index in [4.69, 9.17) is 0 Å². The van der Waals surface area contributed by atoms with Gasteiger partial charge >= 0.3 is 0 Å². The van der Waals surface area contributed by atoms with Crippen molar-refractivity contribution in [2.24, 2.45) is 0 Å². The maximum atomic E-state index is 9.73. The molecule has 0 unspecified atom stereocenters. The first-order chi connectivity index (χ1) is 13.5. The van der Waals surface area contributed by atoms with Crippen LogP contribution in [-0.2, 0) is 0 Å². The first kappa shape index (κ1) is 16.2. The number of hydrogen-bond acceptors (Lipinski definition) is 6. The van der Waals surface area contributed by atoms with Crippen molar-refractivity contribution in [3.05, 3.63) is 60.0 Å². The smallest absolute Gasteiger partial charge is 0.182 e. The summed E-state index contributed by atoms with van der Waals surface area (Å²) in [5.41, 5.74) is 5.02. The topological polar surface area (TPSA) is 101 Å². The van der Waals surface area contributed by atoms with Crippen LogP contribution in [0.3, 0.4) is 0 Å². The summed E-state index contributed by atoms with van der Waals surface area (Å²) < 4.78 is 3.35. The van der Waals surface area contributed by atoms with Crippen LogP contribution in [0.4, 0.5) is 0 Å². The molecule has 28 heavy (non-hydrogen) atoms. The number of fused-ring (bicyclic) bond motifs is 3. The minimum atomic E-state index is -0.0557. The molecule has 0 amide bonds. The monoisotopic (exact) mass is 372 g/mol. The van der Waals surface area contributed by atoms with E-state index in [-0.39, 0.29) is 11.5 Å². The van der Waals surface area contributed by atoms with Crippen LogP contribution < -0.4 is 0 Å². The molecule has 0 fully saturated rings. The van der Waals surface area contributed by atoms with Crippen LogP contribution >= 0.6 is 0 Å². The first-order valence-electron chi connectivity index (χ1n) is 8.70. The number of nitrogens with zero attached hydrogens (tertiary/aromatic N) is 6. The molecule has 2 aromatic carbocycles. The van der Waals surface area contributed by atoms with E-state index in [1.807, 2.05) is 19.1 Å². The molecular weight excluding hydrogens is 356 g/mol. The van der Waals surface area contributed by atoms with Gasteiger partial charge in [-0.3, -0.25) is 0 Å². The molecule has 5 rings (SSSR count). The van der Waals surface area contributed by atoms with Gasteiger partial charge in [-0.2, -0.15) is 5.10 Å². The Labute approximate surface area is 159 Å². The van der Waals surface area contributed by atoms with E-state index in [9.17, 15) is 10.2 Å². The predicted molar refractivity (Wildman–Crippen MR) is 104 cm³/mol. The average Bonchev–Trinajstić information content (AvgIpc) is 3.24. The maximum absolute atomic E-state index is 9.73. The summed E-state index contributed by atoms with van der Waals surface area (Å²) in [6, 6.07) is 10.4. The van der Waals surface area contributed by atoms with Gasteiger partial charge in [0.2, 0.25) is 0 Å². The quantitative estimate of drug-likeness (QED) is 0.494. The van der Waals surface area contributed by atoms with Crippen molar-refractivity contribution in [3.8, 4) is 28.6 Å². The Bertz CT molecular complexity index is 1350. The Morgan fingerprint density at radius 1 is 0.929 bits per heavy atom. The van der Waals surface area contributed by atoms with Gasteiger partial charge in [-0.15, -0.1) is 5.10 Å². The van der Waals surface area contributed by atoms with Crippen molar-refractivity contribution in [2.45, 2.75) is 13.8 Å². The lowest BCUT2D eigenvalue weighted by Crippen LogP contribution is -2.01. The van der Waals surface area contributed by atoms with Gasteiger partial charge in [0.15, 0.2) is 17.1 Å². The highest BCUT2D eigenvalue weighted by Gasteiger charge is 2.16. The highest BCUT2D eigenvalue weighted by molar-refractivity contribution is 5.90. The number of hydrogen-bond donors (Lipinski definition) is 2. The predicted octanol–water partition coefficient (Wildman–Crippen LogP) is 3.16. The fourth-order valence-corrected chi connectivity index (χ4v) is 3.39. The Morgan fingerprint density at radius 2 is 1.71 bits per heavy atom. The van der Waals surface area contributed by atoms with Crippen LogP contribution in [0.5, 0.6) is 11.5 Å². The van der Waals surface area contributed by atoms with Crippen molar-refractivity contribution in [1.29, 1.82) is 0 Å². The molecule has 0 saturated carbocycles. The molecule has 0 bridgehead atoms. The Kier molecular flexibility index (Phi) is 3.35. The van der Waals surface area contributed by atoms with Gasteiger partial charge in [0.25, 0.3) is 0 Å². The van der Waals surface area contributed by atoms with E-state index in [1.165, 1.54) is 23.8 Å². The summed E-state index contributed by atoms with van der Waals surface area (Å²) in [5, 5.41) is 29.1. The second kappa shape index (κ2) is 5.78. The lowest BCUT2D eigenvalue weighted by atomic mass is 10.1. The molecule has 0 spiro atoms. The first-order valence-corrected chi connectivity index (χ1v) is 8.70. The summed E-state index contributed by atoms with van der Waals surface area (Å²) in [7, 11) is 0. The van der Waals surface area contributed by atoms with Crippen LogP contribution in [0.2, 0.25) is 0 Å². The summed E-state index contributed by atoms with van der Waals surface area (Å²) in [5.74, 6) is 0.263. The molecule has 8 nitrogen and oxygen atoms in total. The van der Waals surface area contributed by atoms with Gasteiger partial charge in [-0.05, 0) is 37.6 Å². The third-order valence-electron chi connectivity index (χ3n) is 4.65. The second-order valence-corrected chi connectivity index (χ2v) is 6.77. The second-order valence-electron chi connectivity index (χ2n) is 6.77. The van der Waals surface area contributed by atoms with Gasteiger partial charge in [-0.1, -0.05) is 17.7 Å². The number of aromatic hydroxyl groups is 2. The molecule has 8 heteroatoms. The Balaban J connectivity index is 1.71. The summed E-state index contributed by atoms with van der Waals surface area (Å²) >= 11 is 0. The Morgan fingerprint density at radius 3 is 2.46 bits per heavy atom. The van der Waals surface area contributed by atoms with Gasteiger partial charge in [0, 0.05) is 11.6 Å². The molecule has 0 saturated heterocycles. The zero-order valence-electron chi connectivity index (χ0n) is 15.2. The fourth-order valence-electron chi connectivity index (χ4n) is 3.39. The van der Waals surface area contributed by atoms with Crippen LogP contribution in [0.15, 0.2) is 48.9 Å². The minimum Gasteiger partial charge on any atom is -0.508 e. The van der Waals surface area contributed by atoms with E-state index in [2.05, 4.69) is 33.2 Å². The summed E-state index contributed by atoms with van der Waals surface area (Å²) in [6.07, 6.45) is 3.30. The molecule has 2 N–H and O–H groups in total. The SMILES string of the molecule is Cc1ccc(-n2ncc3c2ncn2nc(-c4cc(O)cc(O)c4)nc32)c(C)c1. The van der Waals surface area contributed by atoms with Crippen LogP contribution in [0.25, 0.3) is 33.8 Å². The summed E-state index contributed by atoms with van der Waals surface area (Å²) in [4.78, 5) is 9.09. The number of aryl methyl sites for hydroxylation is 2. The normalized spacial score (nSPS) is 11.5. The maximum Gasteiger partial charge on any atom is 0.182 e. The van der Waals surface area contributed by atoms with Gasteiger partial charge in [-0.25, -0.2) is 19.2 Å². The highest BCUT2D eigenvalue weighted by atomic mass is 16.3.